The number of benzene rings is 1. The zero-order valence-corrected chi connectivity index (χ0v) is 15.0. The molecule has 0 unspecified atom stereocenters. The van der Waals surface area contributed by atoms with Crippen LogP contribution in [0.2, 0.25) is 6.04 Å². The molecule has 0 fully saturated rings. The van der Waals surface area contributed by atoms with Gasteiger partial charge in [0, 0.05) is 41.5 Å². The first kappa shape index (κ1) is 19.8. The van der Waals surface area contributed by atoms with E-state index in [2.05, 4.69) is 12.0 Å². The van der Waals surface area contributed by atoms with Crippen LogP contribution in [0.15, 0.2) is 35.4 Å². The highest BCUT2D eigenvalue weighted by molar-refractivity contribution is 6.60. The van der Waals surface area contributed by atoms with E-state index in [1.54, 1.807) is 26.3 Å². The Kier molecular flexibility index (Phi) is 10.8. The normalized spacial score (nSPS) is 11.1. The lowest BCUT2D eigenvalue weighted by Crippen LogP contribution is -2.42. The predicted octanol–water partition coefficient (Wildman–Crippen LogP) is 2.86. The monoisotopic (exact) mass is 312 g/mol. The van der Waals surface area contributed by atoms with E-state index in [0.717, 1.165) is 18.0 Å². The Balaban J connectivity index is 0.000000384. The maximum Gasteiger partial charge on any atom is 0.500 e. The SMILES string of the molecule is CCC[Si](OC)(OC)OC.CN(C)N=Cc1ccccc1. The molecular weight excluding hydrogens is 284 g/mol. The minimum Gasteiger partial charge on any atom is -0.377 e. The Bertz CT molecular complexity index is 374. The summed E-state index contributed by atoms with van der Waals surface area (Å²) in [6, 6.07) is 10.9. The molecule has 1 aromatic rings. The lowest BCUT2D eigenvalue weighted by Gasteiger charge is -2.23. The summed E-state index contributed by atoms with van der Waals surface area (Å²) < 4.78 is 15.5. The average molecular weight is 312 g/mol. The van der Waals surface area contributed by atoms with Crippen molar-refractivity contribution in [1.82, 2.24) is 5.01 Å². The number of hydrazone groups is 1. The largest absolute Gasteiger partial charge is 0.500 e. The lowest BCUT2D eigenvalue weighted by atomic mass is 10.2. The highest BCUT2D eigenvalue weighted by Gasteiger charge is 2.36. The van der Waals surface area contributed by atoms with E-state index in [0.29, 0.717) is 0 Å². The van der Waals surface area contributed by atoms with Crippen LogP contribution in [0, 0.1) is 0 Å². The Morgan fingerprint density at radius 1 is 1.05 bits per heavy atom. The third-order valence-corrected chi connectivity index (χ3v) is 5.70. The van der Waals surface area contributed by atoms with Gasteiger partial charge < -0.3 is 18.3 Å². The number of rotatable bonds is 7. The highest BCUT2D eigenvalue weighted by Crippen LogP contribution is 2.13. The zero-order chi connectivity index (χ0) is 16.1. The van der Waals surface area contributed by atoms with Crippen LogP contribution in [0.25, 0.3) is 0 Å². The van der Waals surface area contributed by atoms with Crippen LogP contribution in [0.5, 0.6) is 0 Å². The molecule has 1 aromatic carbocycles. The fourth-order valence-corrected chi connectivity index (χ4v) is 3.31. The van der Waals surface area contributed by atoms with Crippen molar-refractivity contribution in [3.63, 3.8) is 0 Å². The standard InChI is InChI=1S/C9H12N2.C6H16O3Si/c1-11(2)10-8-9-6-4-3-5-7-9;1-5-6-10(7-2,8-3)9-4/h3-8H,1-2H3;5-6H2,1-4H3. The van der Waals surface area contributed by atoms with Crippen LogP contribution in [-0.2, 0) is 13.3 Å². The Morgan fingerprint density at radius 3 is 1.90 bits per heavy atom. The van der Waals surface area contributed by atoms with Gasteiger partial charge in [-0.15, -0.1) is 0 Å². The van der Waals surface area contributed by atoms with Gasteiger partial charge in [0.15, 0.2) is 0 Å². The average Bonchev–Trinajstić information content (AvgIpc) is 2.52. The second kappa shape index (κ2) is 11.4. The van der Waals surface area contributed by atoms with Crippen molar-refractivity contribution < 1.29 is 13.3 Å². The van der Waals surface area contributed by atoms with Gasteiger partial charge in [0.2, 0.25) is 0 Å². The molecule has 0 amide bonds. The van der Waals surface area contributed by atoms with E-state index in [4.69, 9.17) is 13.3 Å². The van der Waals surface area contributed by atoms with Crippen molar-refractivity contribution in [3.05, 3.63) is 35.9 Å². The first-order valence-electron chi connectivity index (χ1n) is 6.95. The number of hydrogen-bond donors (Lipinski definition) is 0. The zero-order valence-electron chi connectivity index (χ0n) is 14.0. The molecule has 0 N–H and O–H groups in total. The fourth-order valence-electron chi connectivity index (χ4n) is 1.58. The van der Waals surface area contributed by atoms with Crippen molar-refractivity contribution in [2.45, 2.75) is 19.4 Å². The third kappa shape index (κ3) is 8.62. The fraction of sp³-hybridized carbons (Fsp3) is 0.533. The summed E-state index contributed by atoms with van der Waals surface area (Å²) in [4.78, 5) is 0. The number of nitrogens with zero attached hydrogens (tertiary/aromatic N) is 2. The third-order valence-electron chi connectivity index (χ3n) is 2.73. The summed E-state index contributed by atoms with van der Waals surface area (Å²) >= 11 is 0. The van der Waals surface area contributed by atoms with E-state index in [-0.39, 0.29) is 0 Å². The van der Waals surface area contributed by atoms with Crippen LogP contribution < -0.4 is 0 Å². The van der Waals surface area contributed by atoms with Crippen LogP contribution >= 0.6 is 0 Å². The summed E-state index contributed by atoms with van der Waals surface area (Å²) in [7, 11) is 6.49. The minimum atomic E-state index is -2.22. The smallest absolute Gasteiger partial charge is 0.377 e. The second-order valence-electron chi connectivity index (χ2n) is 4.55. The van der Waals surface area contributed by atoms with Gasteiger partial charge in [-0.25, -0.2) is 0 Å². The van der Waals surface area contributed by atoms with E-state index in [1.807, 2.05) is 50.6 Å². The van der Waals surface area contributed by atoms with Gasteiger partial charge in [0.1, 0.15) is 0 Å². The molecular formula is C15H28N2O3Si. The Morgan fingerprint density at radius 2 is 1.57 bits per heavy atom. The topological polar surface area (TPSA) is 43.3 Å². The summed E-state index contributed by atoms with van der Waals surface area (Å²) in [5.74, 6) is 0. The Labute approximate surface area is 129 Å². The van der Waals surface area contributed by atoms with Crippen LogP contribution in [0.4, 0.5) is 0 Å². The maximum absolute atomic E-state index is 5.17. The van der Waals surface area contributed by atoms with Gasteiger partial charge in [-0.2, -0.15) is 5.10 Å². The summed E-state index contributed by atoms with van der Waals surface area (Å²) in [5, 5.41) is 5.87. The van der Waals surface area contributed by atoms with E-state index in [9.17, 15) is 0 Å². The van der Waals surface area contributed by atoms with Crippen LogP contribution in [0.3, 0.4) is 0 Å². The highest BCUT2D eigenvalue weighted by atomic mass is 28.4. The van der Waals surface area contributed by atoms with Gasteiger partial charge in [0.05, 0.1) is 6.21 Å². The molecule has 0 radical (unpaired) electrons. The van der Waals surface area contributed by atoms with E-state index in [1.165, 1.54) is 0 Å². The molecule has 1 rings (SSSR count). The van der Waals surface area contributed by atoms with Crippen molar-refractivity contribution in [2.75, 3.05) is 35.4 Å². The summed E-state index contributed by atoms with van der Waals surface area (Å²) in [5.41, 5.74) is 1.13. The molecule has 0 aliphatic heterocycles. The van der Waals surface area contributed by atoms with Crippen molar-refractivity contribution in [3.8, 4) is 0 Å². The second-order valence-corrected chi connectivity index (χ2v) is 7.64. The van der Waals surface area contributed by atoms with Gasteiger partial charge in [-0.3, -0.25) is 0 Å². The summed E-state index contributed by atoms with van der Waals surface area (Å²) in [6.45, 7) is 2.08. The van der Waals surface area contributed by atoms with E-state index >= 15 is 0 Å². The molecule has 0 atom stereocenters. The molecule has 0 aliphatic carbocycles. The van der Waals surface area contributed by atoms with Crippen LogP contribution in [-0.4, -0.2) is 55.5 Å². The lowest BCUT2D eigenvalue weighted by molar-refractivity contribution is 0.123. The molecule has 0 bridgehead atoms. The molecule has 0 heterocycles. The molecule has 0 aliphatic rings. The first-order chi connectivity index (χ1) is 10.0. The number of hydrogen-bond acceptors (Lipinski definition) is 5. The Hall–Kier alpha value is -1.21. The molecule has 0 saturated carbocycles. The van der Waals surface area contributed by atoms with Crippen molar-refractivity contribution in [1.29, 1.82) is 0 Å². The minimum absolute atomic E-state index is 0.885. The molecule has 6 heteroatoms. The van der Waals surface area contributed by atoms with Gasteiger partial charge in [0.25, 0.3) is 0 Å². The summed E-state index contributed by atoms with van der Waals surface area (Å²) in [6.07, 6.45) is 2.86. The molecule has 0 spiro atoms. The first-order valence-corrected chi connectivity index (χ1v) is 8.88. The molecule has 21 heavy (non-hydrogen) atoms. The van der Waals surface area contributed by atoms with Gasteiger partial charge in [-0.05, 0) is 5.56 Å². The molecule has 0 aromatic heterocycles. The predicted molar refractivity (Wildman–Crippen MR) is 89.6 cm³/mol. The molecule has 120 valence electrons. The van der Waals surface area contributed by atoms with Crippen molar-refractivity contribution in [2.24, 2.45) is 5.10 Å². The maximum atomic E-state index is 5.17. The van der Waals surface area contributed by atoms with Gasteiger partial charge >= 0.3 is 8.80 Å². The molecule has 5 nitrogen and oxygen atoms in total. The van der Waals surface area contributed by atoms with Crippen LogP contribution in [0.1, 0.15) is 18.9 Å². The van der Waals surface area contributed by atoms with Gasteiger partial charge in [-0.1, -0.05) is 43.7 Å². The van der Waals surface area contributed by atoms with E-state index < -0.39 is 8.80 Å². The quantitative estimate of drug-likeness (QED) is 0.441. The van der Waals surface area contributed by atoms with Crippen molar-refractivity contribution >= 4 is 15.0 Å². The molecule has 0 saturated heterocycles.